The molecule has 4 aromatic rings. The Morgan fingerprint density at radius 2 is 1.10 bits per heavy atom. The van der Waals surface area contributed by atoms with Crippen LogP contribution in [0, 0.1) is 0 Å². The van der Waals surface area contributed by atoms with E-state index in [1.54, 1.807) is 24.3 Å². The lowest BCUT2D eigenvalue weighted by molar-refractivity contribution is -0.140. The van der Waals surface area contributed by atoms with Crippen LogP contribution in [0.25, 0.3) is 24.3 Å². The quantitative estimate of drug-likeness (QED) is 0.137. The van der Waals surface area contributed by atoms with Crippen LogP contribution in [-0.4, -0.2) is 32.4 Å². The maximum atomic E-state index is 11.4. The van der Waals surface area contributed by atoms with Crippen LogP contribution < -0.4 is 0 Å². The first-order chi connectivity index (χ1) is 18.8. The molecule has 0 amide bonds. The van der Waals surface area contributed by atoms with Gasteiger partial charge >= 0.3 is 11.9 Å². The minimum Gasteiger partial charge on any atom is -0.504 e. The Hall–Kier alpha value is -5.10. The first kappa shape index (κ1) is 28.5. The molecule has 0 bridgehead atoms. The van der Waals surface area contributed by atoms with E-state index >= 15 is 0 Å². The predicted molar refractivity (Wildman–Crippen MR) is 154 cm³/mol. The van der Waals surface area contributed by atoms with Crippen molar-refractivity contribution in [2.45, 2.75) is 18.8 Å². The fourth-order valence-corrected chi connectivity index (χ4v) is 3.74. The summed E-state index contributed by atoms with van der Waals surface area (Å²) in [6.45, 7) is 0. The summed E-state index contributed by atoms with van der Waals surface area (Å²) < 4.78 is 0. The molecule has 4 aromatic carbocycles. The van der Waals surface area contributed by atoms with Gasteiger partial charge in [0, 0.05) is 6.42 Å². The molecule has 0 heterocycles. The van der Waals surface area contributed by atoms with Gasteiger partial charge in [0.25, 0.3) is 0 Å². The minimum absolute atomic E-state index is 0.0799. The average Bonchev–Trinajstić information content (AvgIpc) is 2.94. The van der Waals surface area contributed by atoms with E-state index in [0.29, 0.717) is 5.56 Å². The molecule has 0 saturated heterocycles. The van der Waals surface area contributed by atoms with Crippen molar-refractivity contribution in [1.29, 1.82) is 0 Å². The molecule has 0 saturated carbocycles. The van der Waals surface area contributed by atoms with E-state index in [4.69, 9.17) is 10.2 Å². The van der Waals surface area contributed by atoms with Crippen LogP contribution >= 0.6 is 0 Å². The molecule has 39 heavy (non-hydrogen) atoms. The van der Waals surface area contributed by atoms with Crippen LogP contribution in [0.4, 0.5) is 0 Å². The Bertz CT molecular complexity index is 1430. The lowest BCUT2D eigenvalue weighted by Crippen LogP contribution is -2.13. The number of carbonyl (C=O) groups is 2. The molecule has 198 valence electrons. The van der Waals surface area contributed by atoms with E-state index in [1.165, 1.54) is 12.1 Å². The van der Waals surface area contributed by atoms with Crippen LogP contribution in [0.1, 0.15) is 46.6 Å². The van der Waals surface area contributed by atoms with Crippen molar-refractivity contribution in [2.75, 3.05) is 0 Å². The SMILES string of the molecule is O=C(O)CCC(C(=O)O)c1cccc(C=Cc2ccccc2)c1.Oc1ccc(C=Cc2ccccc2)cc1O. The molecule has 4 N–H and O–H groups in total. The maximum absolute atomic E-state index is 11.4. The second-order valence-corrected chi connectivity index (χ2v) is 8.73. The molecule has 4 rings (SSSR count). The second-order valence-electron chi connectivity index (χ2n) is 8.73. The van der Waals surface area contributed by atoms with Crippen LogP contribution in [0.3, 0.4) is 0 Å². The molecule has 0 radical (unpaired) electrons. The monoisotopic (exact) mass is 522 g/mol. The summed E-state index contributed by atoms with van der Waals surface area (Å²) in [5, 5.41) is 36.5. The summed E-state index contributed by atoms with van der Waals surface area (Å²) in [5.41, 5.74) is 4.50. The number of rotatable bonds is 9. The highest BCUT2D eigenvalue weighted by Crippen LogP contribution is 2.26. The maximum Gasteiger partial charge on any atom is 0.310 e. The molecule has 6 nitrogen and oxygen atoms in total. The van der Waals surface area contributed by atoms with Gasteiger partial charge in [-0.25, -0.2) is 0 Å². The minimum atomic E-state index is -1.00. The van der Waals surface area contributed by atoms with Crippen molar-refractivity contribution >= 4 is 36.2 Å². The standard InChI is InChI=1S/C19H18O4.C14H12O2/c20-18(21)12-11-17(19(22)23)16-8-4-7-15(13-16)10-9-14-5-2-1-3-6-14;15-13-9-8-12(10-14(13)16)7-6-11-4-2-1-3-5-11/h1-10,13,17H,11-12H2,(H,20,21)(H,22,23);1-10,15-16H. The van der Waals surface area contributed by atoms with E-state index in [-0.39, 0.29) is 24.3 Å². The number of hydrogen-bond donors (Lipinski definition) is 4. The summed E-state index contributed by atoms with van der Waals surface area (Å²) in [4.78, 5) is 22.1. The lowest BCUT2D eigenvalue weighted by Gasteiger charge is -2.12. The fourth-order valence-electron chi connectivity index (χ4n) is 3.74. The Morgan fingerprint density at radius 1 is 0.590 bits per heavy atom. The van der Waals surface area contributed by atoms with Crippen molar-refractivity contribution < 1.29 is 30.0 Å². The van der Waals surface area contributed by atoms with E-state index in [9.17, 15) is 19.8 Å². The van der Waals surface area contributed by atoms with Crippen molar-refractivity contribution in [3.63, 3.8) is 0 Å². The van der Waals surface area contributed by atoms with E-state index in [1.807, 2.05) is 91.0 Å². The molecule has 1 unspecified atom stereocenters. The topological polar surface area (TPSA) is 115 Å². The van der Waals surface area contributed by atoms with Gasteiger partial charge in [0.2, 0.25) is 0 Å². The van der Waals surface area contributed by atoms with Gasteiger partial charge in [-0.1, -0.05) is 115 Å². The molecule has 0 aliphatic heterocycles. The molecule has 0 spiro atoms. The largest absolute Gasteiger partial charge is 0.504 e. The van der Waals surface area contributed by atoms with Gasteiger partial charge in [-0.3, -0.25) is 9.59 Å². The van der Waals surface area contributed by atoms with Crippen molar-refractivity contribution in [2.24, 2.45) is 0 Å². The van der Waals surface area contributed by atoms with Crippen molar-refractivity contribution in [3.05, 3.63) is 131 Å². The number of hydrogen-bond acceptors (Lipinski definition) is 4. The van der Waals surface area contributed by atoms with Crippen molar-refractivity contribution in [1.82, 2.24) is 0 Å². The van der Waals surface area contributed by atoms with Crippen LogP contribution in [0.15, 0.2) is 103 Å². The average molecular weight is 523 g/mol. The fraction of sp³-hybridized carbons (Fsp3) is 0.0909. The zero-order valence-electron chi connectivity index (χ0n) is 21.2. The third kappa shape index (κ3) is 9.70. The van der Waals surface area contributed by atoms with Crippen LogP contribution in [0.5, 0.6) is 11.5 Å². The zero-order chi connectivity index (χ0) is 28.0. The summed E-state index contributed by atoms with van der Waals surface area (Å²) >= 11 is 0. The molecule has 0 fully saturated rings. The van der Waals surface area contributed by atoms with Gasteiger partial charge in [-0.2, -0.15) is 0 Å². The molecule has 0 aliphatic rings. The first-order valence-electron chi connectivity index (χ1n) is 12.3. The van der Waals surface area contributed by atoms with Gasteiger partial charge in [0.05, 0.1) is 5.92 Å². The van der Waals surface area contributed by atoms with E-state index in [0.717, 1.165) is 22.3 Å². The Labute approximate surface area is 227 Å². The molecule has 6 heteroatoms. The van der Waals surface area contributed by atoms with E-state index < -0.39 is 17.9 Å². The van der Waals surface area contributed by atoms with Gasteiger partial charge in [-0.15, -0.1) is 0 Å². The Kier molecular flexibility index (Phi) is 10.7. The number of benzene rings is 4. The number of phenolic OH excluding ortho intramolecular Hbond substituents is 2. The van der Waals surface area contributed by atoms with Crippen LogP contribution in [0.2, 0.25) is 0 Å². The number of phenols is 2. The summed E-state index contributed by atoms with van der Waals surface area (Å²) in [5.74, 6) is -3.00. The smallest absolute Gasteiger partial charge is 0.310 e. The number of carboxylic acids is 2. The lowest BCUT2D eigenvalue weighted by atomic mass is 9.93. The summed E-state index contributed by atoms with van der Waals surface area (Å²) in [6, 6.07) is 31.6. The molecular weight excluding hydrogens is 492 g/mol. The number of aliphatic carboxylic acids is 2. The molecule has 0 aromatic heterocycles. The zero-order valence-corrected chi connectivity index (χ0v) is 21.2. The Morgan fingerprint density at radius 3 is 1.62 bits per heavy atom. The highest BCUT2D eigenvalue weighted by molar-refractivity contribution is 5.78. The van der Waals surface area contributed by atoms with Gasteiger partial charge in [0.1, 0.15) is 0 Å². The first-order valence-corrected chi connectivity index (χ1v) is 12.3. The van der Waals surface area contributed by atoms with Crippen molar-refractivity contribution in [3.8, 4) is 11.5 Å². The molecular formula is C33H30O6. The van der Waals surface area contributed by atoms with Gasteiger partial charge in [-0.05, 0) is 46.4 Å². The molecule has 0 aliphatic carbocycles. The van der Waals surface area contributed by atoms with Gasteiger partial charge in [0.15, 0.2) is 11.5 Å². The van der Waals surface area contributed by atoms with Gasteiger partial charge < -0.3 is 20.4 Å². The van der Waals surface area contributed by atoms with Crippen LogP contribution in [-0.2, 0) is 9.59 Å². The highest BCUT2D eigenvalue weighted by Gasteiger charge is 2.20. The highest BCUT2D eigenvalue weighted by atomic mass is 16.4. The predicted octanol–water partition coefficient (Wildman–Crippen LogP) is 7.16. The third-order valence-electron chi connectivity index (χ3n) is 5.79. The normalized spacial score (nSPS) is 11.6. The third-order valence-corrected chi connectivity index (χ3v) is 5.79. The number of aromatic hydroxyl groups is 2. The second kappa shape index (κ2) is 14.6. The summed E-state index contributed by atoms with van der Waals surface area (Å²) in [6.07, 6.45) is 7.61. The Balaban J connectivity index is 0.000000230. The number of carboxylic acid groups (broad SMARTS) is 2. The summed E-state index contributed by atoms with van der Waals surface area (Å²) in [7, 11) is 0. The molecule has 1 atom stereocenters. The van der Waals surface area contributed by atoms with E-state index in [2.05, 4.69) is 0 Å².